The topological polar surface area (TPSA) is 27.7 Å². The van der Waals surface area contributed by atoms with E-state index in [1.807, 2.05) is 23.2 Å². The van der Waals surface area contributed by atoms with Crippen LogP contribution in [0.2, 0.25) is 45.3 Å². The molecule has 0 atom stereocenters. The Morgan fingerprint density at radius 2 is 0.909 bits per heavy atom. The van der Waals surface area contributed by atoms with Gasteiger partial charge in [-0.3, -0.25) is 0 Å². The summed E-state index contributed by atoms with van der Waals surface area (Å²) in [7, 11) is -9.13. The molecule has 0 amide bonds. The molecule has 0 aromatic carbocycles. The molecule has 0 fully saturated rings. The van der Waals surface area contributed by atoms with E-state index in [1.165, 1.54) is 0 Å². The highest BCUT2D eigenvalue weighted by atomic mass is 28.5. The highest BCUT2D eigenvalue weighted by Gasteiger charge is 2.50. The van der Waals surface area contributed by atoms with E-state index in [1.54, 1.807) is 0 Å². The van der Waals surface area contributed by atoms with Crippen molar-refractivity contribution in [3.63, 3.8) is 0 Å². The summed E-state index contributed by atoms with van der Waals surface area (Å²) in [6.45, 7) is 28.2. The van der Waals surface area contributed by atoms with Gasteiger partial charge in [-0.25, -0.2) is 0 Å². The third kappa shape index (κ3) is 7.31. The van der Waals surface area contributed by atoms with Crippen LogP contribution >= 0.6 is 0 Å². The summed E-state index contributed by atoms with van der Waals surface area (Å²) in [5.74, 6) is 0. The van der Waals surface area contributed by atoms with Gasteiger partial charge in [-0.05, 0) is 39.3 Å². The first-order valence-corrected chi connectivity index (χ1v) is 18.4. The maximum Gasteiger partial charge on any atom is 0.474 e. The SMILES string of the molecule is C=CC[Si](O[Si](C)(C)C=C)(O[Si](C)(C)C=C)O[Si](C)(C)C=C. The molecule has 0 N–H and O–H groups in total. The van der Waals surface area contributed by atoms with Crippen molar-refractivity contribution in [2.45, 2.75) is 45.3 Å². The van der Waals surface area contributed by atoms with Gasteiger partial charge in [-0.2, -0.15) is 0 Å². The standard InChI is InChI=1S/C15H32O3Si4/c1-11-15-22(16-19(5,6)12-2,17-20(7,8)13-3)18-21(9,10)14-4/h11-14H,1-4,15H2,5-10H3. The molecule has 7 heteroatoms. The van der Waals surface area contributed by atoms with Gasteiger partial charge in [-0.1, -0.05) is 23.2 Å². The van der Waals surface area contributed by atoms with Gasteiger partial charge in [0.05, 0.1) is 0 Å². The molecule has 0 aliphatic carbocycles. The molecule has 0 heterocycles. The van der Waals surface area contributed by atoms with Crippen LogP contribution in [0.5, 0.6) is 0 Å². The molecule has 0 aromatic heterocycles. The zero-order valence-electron chi connectivity index (χ0n) is 15.1. The lowest BCUT2D eigenvalue weighted by molar-refractivity contribution is 0.260. The molecule has 0 radical (unpaired) electrons. The second-order valence-corrected chi connectivity index (χ2v) is 22.0. The van der Waals surface area contributed by atoms with Crippen LogP contribution in [0.15, 0.2) is 49.5 Å². The molecule has 0 aromatic rings. The number of allylic oxidation sites excluding steroid dienone is 1. The summed E-state index contributed by atoms with van der Waals surface area (Å²) < 4.78 is 19.5. The quantitative estimate of drug-likeness (QED) is 0.379. The highest BCUT2D eigenvalue weighted by molar-refractivity contribution is 6.93. The summed E-state index contributed by atoms with van der Waals surface area (Å²) in [6, 6.07) is 0.589. The Balaban J connectivity index is 5.82. The second kappa shape index (κ2) is 8.00. The third-order valence-electron chi connectivity index (χ3n) is 3.12. The smallest absolute Gasteiger partial charge is 0.413 e. The van der Waals surface area contributed by atoms with Gasteiger partial charge in [-0.15, -0.1) is 26.3 Å². The Morgan fingerprint density at radius 1 is 0.636 bits per heavy atom. The molecule has 0 aliphatic rings. The van der Waals surface area contributed by atoms with E-state index in [0.29, 0.717) is 6.04 Å². The molecule has 0 saturated heterocycles. The van der Waals surface area contributed by atoms with Crippen LogP contribution in [0, 0.1) is 0 Å². The largest absolute Gasteiger partial charge is 0.474 e. The van der Waals surface area contributed by atoms with E-state index in [-0.39, 0.29) is 0 Å². The van der Waals surface area contributed by atoms with E-state index in [0.717, 1.165) is 0 Å². The van der Waals surface area contributed by atoms with Crippen molar-refractivity contribution in [1.82, 2.24) is 0 Å². The van der Waals surface area contributed by atoms with E-state index >= 15 is 0 Å². The Kier molecular flexibility index (Phi) is 7.89. The van der Waals surface area contributed by atoms with Crippen molar-refractivity contribution in [2.75, 3.05) is 0 Å². The van der Waals surface area contributed by atoms with E-state index in [9.17, 15) is 0 Å². The monoisotopic (exact) mass is 372 g/mol. The fraction of sp³-hybridized carbons (Fsp3) is 0.467. The van der Waals surface area contributed by atoms with Crippen LogP contribution in [0.25, 0.3) is 0 Å². The Labute approximate surface area is 141 Å². The van der Waals surface area contributed by atoms with Crippen LogP contribution in [0.1, 0.15) is 0 Å². The van der Waals surface area contributed by atoms with Crippen LogP contribution in [0.4, 0.5) is 0 Å². The van der Waals surface area contributed by atoms with Crippen LogP contribution in [0.3, 0.4) is 0 Å². The maximum atomic E-state index is 6.51. The van der Waals surface area contributed by atoms with Gasteiger partial charge < -0.3 is 12.3 Å². The summed E-state index contributed by atoms with van der Waals surface area (Å²) in [6.07, 6.45) is 1.83. The molecule has 0 bridgehead atoms. The summed E-state index contributed by atoms with van der Waals surface area (Å²) in [4.78, 5) is 0. The zero-order chi connectivity index (χ0) is 17.7. The van der Waals surface area contributed by atoms with Gasteiger partial charge >= 0.3 is 8.80 Å². The van der Waals surface area contributed by atoms with Crippen LogP contribution < -0.4 is 0 Å². The van der Waals surface area contributed by atoms with Gasteiger partial charge in [0.2, 0.25) is 25.0 Å². The highest BCUT2D eigenvalue weighted by Crippen LogP contribution is 2.29. The van der Waals surface area contributed by atoms with Gasteiger partial charge in [0, 0.05) is 6.04 Å². The average molecular weight is 373 g/mol. The lowest BCUT2D eigenvalue weighted by atomic mass is 10.8. The number of hydrogen-bond acceptors (Lipinski definition) is 3. The van der Waals surface area contributed by atoms with Gasteiger partial charge in [0.25, 0.3) is 0 Å². The van der Waals surface area contributed by atoms with Gasteiger partial charge in [0.1, 0.15) is 0 Å². The van der Waals surface area contributed by atoms with E-state index in [2.05, 4.69) is 65.6 Å². The van der Waals surface area contributed by atoms with Crippen LogP contribution in [-0.4, -0.2) is 33.8 Å². The minimum atomic E-state index is -2.91. The third-order valence-corrected chi connectivity index (χ3v) is 16.9. The minimum absolute atomic E-state index is 0.589. The fourth-order valence-corrected chi connectivity index (χ4v) is 15.3. The normalized spacial score (nSPS) is 13.5. The molecule has 0 aliphatic heterocycles. The molecule has 0 saturated carbocycles. The number of rotatable bonds is 11. The first kappa shape index (κ1) is 21.7. The first-order chi connectivity index (χ1) is 9.86. The Bertz CT molecular complexity index is 375. The molecule has 0 unspecified atom stereocenters. The lowest BCUT2D eigenvalue weighted by Gasteiger charge is -2.42. The molecule has 0 rings (SSSR count). The Morgan fingerprint density at radius 3 is 1.09 bits per heavy atom. The summed E-state index contributed by atoms with van der Waals surface area (Å²) >= 11 is 0. The van der Waals surface area contributed by atoms with Crippen molar-refractivity contribution in [3.8, 4) is 0 Å². The average Bonchev–Trinajstić information content (AvgIpc) is 2.37. The van der Waals surface area contributed by atoms with Crippen molar-refractivity contribution < 1.29 is 12.3 Å². The van der Waals surface area contributed by atoms with E-state index < -0.39 is 33.8 Å². The van der Waals surface area contributed by atoms with Crippen molar-refractivity contribution >= 4 is 33.8 Å². The van der Waals surface area contributed by atoms with Crippen molar-refractivity contribution in [1.29, 1.82) is 0 Å². The number of hydrogen-bond donors (Lipinski definition) is 0. The predicted octanol–water partition coefficient (Wildman–Crippen LogP) is 4.95. The van der Waals surface area contributed by atoms with Crippen molar-refractivity contribution in [3.05, 3.63) is 49.5 Å². The van der Waals surface area contributed by atoms with E-state index in [4.69, 9.17) is 12.3 Å². The summed E-state index contributed by atoms with van der Waals surface area (Å²) in [5, 5.41) is 0. The molecule has 0 spiro atoms. The van der Waals surface area contributed by atoms with Gasteiger partial charge in [0.15, 0.2) is 0 Å². The Hall–Kier alpha value is -0.292. The summed E-state index contributed by atoms with van der Waals surface area (Å²) in [5.41, 5.74) is 5.74. The predicted molar refractivity (Wildman–Crippen MR) is 107 cm³/mol. The molecule has 126 valence electrons. The fourth-order valence-electron chi connectivity index (χ4n) is 1.69. The maximum absolute atomic E-state index is 6.51. The molecule has 3 nitrogen and oxygen atoms in total. The second-order valence-electron chi connectivity index (χ2n) is 6.90. The van der Waals surface area contributed by atoms with Crippen molar-refractivity contribution in [2.24, 2.45) is 0 Å². The first-order valence-electron chi connectivity index (χ1n) is 7.49. The minimum Gasteiger partial charge on any atom is -0.413 e. The molecular weight excluding hydrogens is 341 g/mol. The molecule has 22 heavy (non-hydrogen) atoms. The lowest BCUT2D eigenvalue weighted by Crippen LogP contribution is -2.60. The van der Waals surface area contributed by atoms with Crippen LogP contribution in [-0.2, 0) is 12.3 Å². The zero-order valence-corrected chi connectivity index (χ0v) is 19.1. The molecular formula is C15H32O3Si4.